The van der Waals surface area contributed by atoms with Crippen LogP contribution in [-0.4, -0.2) is 32.5 Å². The van der Waals surface area contributed by atoms with Gasteiger partial charge < -0.3 is 5.32 Å². The Morgan fingerprint density at radius 3 is 2.74 bits per heavy atom. The third kappa shape index (κ3) is 3.95. The van der Waals surface area contributed by atoms with Gasteiger partial charge in [0.15, 0.2) is 0 Å². The van der Waals surface area contributed by atoms with Gasteiger partial charge in [0.2, 0.25) is 10.0 Å². The molecule has 0 aromatic carbocycles. The van der Waals surface area contributed by atoms with Crippen molar-refractivity contribution >= 4 is 33.1 Å². The lowest BCUT2D eigenvalue weighted by atomic mass is 10.4. The second-order valence-electron chi connectivity index (χ2n) is 4.71. The molecule has 7 heteroatoms. The Morgan fingerprint density at radius 1 is 1.42 bits per heavy atom. The molecule has 0 radical (unpaired) electrons. The predicted molar refractivity (Wildman–Crippen MR) is 82.4 cm³/mol. The number of hydrogen-bond acceptors (Lipinski definition) is 5. The molecule has 0 unspecified atom stereocenters. The molecule has 1 fully saturated rings. The minimum atomic E-state index is -3.34. The molecule has 19 heavy (non-hydrogen) atoms. The summed E-state index contributed by atoms with van der Waals surface area (Å²) in [6, 6.07) is 3.57. The van der Waals surface area contributed by atoms with Crippen molar-refractivity contribution < 1.29 is 8.42 Å². The second kappa shape index (κ2) is 6.13. The van der Waals surface area contributed by atoms with Gasteiger partial charge in [0, 0.05) is 22.7 Å². The minimum Gasteiger partial charge on any atom is -0.312 e. The first-order valence-electron chi connectivity index (χ1n) is 6.35. The summed E-state index contributed by atoms with van der Waals surface area (Å²) in [6.45, 7) is 4.18. The summed E-state index contributed by atoms with van der Waals surface area (Å²) in [6.07, 6.45) is 4.25. The first-order chi connectivity index (χ1) is 9.01. The molecule has 2 rings (SSSR count). The molecule has 0 saturated heterocycles. The normalized spacial score (nSPS) is 17.6. The van der Waals surface area contributed by atoms with Crippen LogP contribution in [-0.2, 0) is 16.6 Å². The molecule has 1 saturated carbocycles. The number of nitrogens with one attached hydrogen (secondary N) is 2. The Kier molecular flexibility index (Phi) is 4.94. The zero-order chi connectivity index (χ0) is 13.9. The van der Waals surface area contributed by atoms with Crippen LogP contribution >= 0.6 is 23.1 Å². The maximum atomic E-state index is 12.2. The topological polar surface area (TPSA) is 58.2 Å². The van der Waals surface area contributed by atoms with Crippen LogP contribution in [0.1, 0.15) is 24.6 Å². The third-order valence-electron chi connectivity index (χ3n) is 3.28. The van der Waals surface area contributed by atoms with Gasteiger partial charge in [0.05, 0.1) is 0 Å². The summed E-state index contributed by atoms with van der Waals surface area (Å²) in [5.41, 5.74) is 0. The number of thioether (sulfide) groups is 1. The highest BCUT2D eigenvalue weighted by Crippen LogP contribution is 2.46. The Morgan fingerprint density at radius 2 is 2.16 bits per heavy atom. The summed E-state index contributed by atoms with van der Waals surface area (Å²) >= 11 is 3.10. The van der Waals surface area contributed by atoms with Gasteiger partial charge >= 0.3 is 0 Å². The van der Waals surface area contributed by atoms with Gasteiger partial charge in [-0.05, 0) is 37.8 Å². The lowest BCUT2D eigenvalue weighted by Gasteiger charge is -2.12. The van der Waals surface area contributed by atoms with E-state index in [9.17, 15) is 8.42 Å². The van der Waals surface area contributed by atoms with Crippen molar-refractivity contribution in [3.8, 4) is 0 Å². The van der Waals surface area contributed by atoms with Gasteiger partial charge in [-0.25, -0.2) is 13.1 Å². The predicted octanol–water partition coefficient (Wildman–Crippen LogP) is 2.03. The van der Waals surface area contributed by atoms with Crippen molar-refractivity contribution in [3.63, 3.8) is 0 Å². The van der Waals surface area contributed by atoms with Gasteiger partial charge in [-0.2, -0.15) is 11.8 Å². The van der Waals surface area contributed by atoms with Crippen LogP contribution in [0.3, 0.4) is 0 Å². The standard InChI is InChI=1S/C12H20N2O2S3/c1-3-13-8-10-4-5-11(18-10)19(15,16)14-9-12(17-2)6-7-12/h4-5,13-14H,3,6-9H2,1-2H3. The van der Waals surface area contributed by atoms with E-state index in [0.717, 1.165) is 30.8 Å². The summed E-state index contributed by atoms with van der Waals surface area (Å²) in [4.78, 5) is 1.05. The van der Waals surface area contributed by atoms with Crippen LogP contribution in [0.15, 0.2) is 16.3 Å². The maximum absolute atomic E-state index is 12.2. The van der Waals surface area contributed by atoms with Crippen LogP contribution in [0.5, 0.6) is 0 Å². The number of hydrogen-bond donors (Lipinski definition) is 2. The van der Waals surface area contributed by atoms with E-state index in [1.165, 1.54) is 11.3 Å². The highest BCUT2D eigenvalue weighted by atomic mass is 32.2. The smallest absolute Gasteiger partial charge is 0.250 e. The summed E-state index contributed by atoms with van der Waals surface area (Å²) < 4.78 is 27.7. The van der Waals surface area contributed by atoms with Gasteiger partial charge in [0.1, 0.15) is 4.21 Å². The van der Waals surface area contributed by atoms with Crippen molar-refractivity contribution in [2.24, 2.45) is 0 Å². The van der Waals surface area contributed by atoms with Crippen molar-refractivity contribution in [3.05, 3.63) is 17.0 Å². The van der Waals surface area contributed by atoms with E-state index < -0.39 is 10.0 Å². The number of rotatable bonds is 8. The van der Waals surface area contributed by atoms with E-state index in [1.807, 2.05) is 19.2 Å². The molecule has 0 atom stereocenters. The van der Waals surface area contributed by atoms with Crippen LogP contribution in [0.2, 0.25) is 0 Å². The van der Waals surface area contributed by atoms with E-state index in [2.05, 4.69) is 10.0 Å². The van der Waals surface area contributed by atoms with Crippen molar-refractivity contribution in [2.75, 3.05) is 19.3 Å². The van der Waals surface area contributed by atoms with E-state index in [4.69, 9.17) is 0 Å². The van der Waals surface area contributed by atoms with Crippen molar-refractivity contribution in [1.82, 2.24) is 10.0 Å². The summed E-state index contributed by atoms with van der Waals surface area (Å²) in [5, 5.41) is 3.20. The SMILES string of the molecule is CCNCc1ccc(S(=O)(=O)NCC2(SC)CC2)s1. The third-order valence-corrected chi connectivity index (χ3v) is 7.67. The van der Waals surface area contributed by atoms with Crippen LogP contribution in [0.4, 0.5) is 0 Å². The molecular weight excluding hydrogens is 300 g/mol. The molecule has 1 heterocycles. The average Bonchev–Trinajstić information content (AvgIpc) is 3.03. The Labute approximate surface area is 123 Å². The molecule has 0 aliphatic heterocycles. The summed E-state index contributed by atoms with van der Waals surface area (Å²) in [7, 11) is -3.34. The largest absolute Gasteiger partial charge is 0.312 e. The molecule has 1 aromatic heterocycles. The molecule has 108 valence electrons. The van der Waals surface area contributed by atoms with E-state index in [1.54, 1.807) is 17.8 Å². The molecule has 2 N–H and O–H groups in total. The highest BCUT2D eigenvalue weighted by Gasteiger charge is 2.42. The molecule has 1 aromatic rings. The van der Waals surface area contributed by atoms with E-state index in [-0.39, 0.29) is 4.75 Å². The maximum Gasteiger partial charge on any atom is 0.250 e. The fourth-order valence-electron chi connectivity index (χ4n) is 1.74. The highest BCUT2D eigenvalue weighted by molar-refractivity contribution is 8.00. The Hall–Kier alpha value is -0.0800. The first kappa shape index (κ1) is 15.3. The van der Waals surface area contributed by atoms with Gasteiger partial charge in [-0.15, -0.1) is 11.3 Å². The number of sulfonamides is 1. The quantitative estimate of drug-likeness (QED) is 0.769. The molecular formula is C12H20N2O2S3. The van der Waals surface area contributed by atoms with Crippen LogP contribution in [0.25, 0.3) is 0 Å². The average molecular weight is 321 g/mol. The molecule has 4 nitrogen and oxygen atoms in total. The molecule has 0 spiro atoms. The van der Waals surface area contributed by atoms with E-state index in [0.29, 0.717) is 10.8 Å². The zero-order valence-corrected chi connectivity index (χ0v) is 13.7. The molecule has 0 amide bonds. The lowest BCUT2D eigenvalue weighted by Crippen LogP contribution is -2.31. The first-order valence-corrected chi connectivity index (χ1v) is 9.88. The molecule has 1 aliphatic carbocycles. The molecule has 1 aliphatic rings. The lowest BCUT2D eigenvalue weighted by molar-refractivity contribution is 0.582. The van der Waals surface area contributed by atoms with Gasteiger partial charge in [-0.1, -0.05) is 6.92 Å². The van der Waals surface area contributed by atoms with Gasteiger partial charge in [0.25, 0.3) is 0 Å². The Balaban J connectivity index is 1.97. The minimum absolute atomic E-state index is 0.150. The van der Waals surface area contributed by atoms with E-state index >= 15 is 0 Å². The fraction of sp³-hybridized carbons (Fsp3) is 0.667. The van der Waals surface area contributed by atoms with Crippen LogP contribution in [0, 0.1) is 0 Å². The molecule has 0 bridgehead atoms. The second-order valence-corrected chi connectivity index (χ2v) is 9.15. The number of thiophene rings is 1. The monoisotopic (exact) mass is 320 g/mol. The fourth-order valence-corrected chi connectivity index (χ4v) is 5.05. The van der Waals surface area contributed by atoms with Crippen molar-refractivity contribution in [2.45, 2.75) is 35.3 Å². The van der Waals surface area contributed by atoms with Crippen molar-refractivity contribution in [1.29, 1.82) is 0 Å². The van der Waals surface area contributed by atoms with Gasteiger partial charge in [-0.3, -0.25) is 0 Å². The summed E-state index contributed by atoms with van der Waals surface area (Å²) in [5.74, 6) is 0. The zero-order valence-electron chi connectivity index (χ0n) is 11.2. The Bertz CT molecular complexity index is 521. The van der Waals surface area contributed by atoms with Crippen LogP contribution < -0.4 is 10.0 Å².